The van der Waals surface area contributed by atoms with E-state index in [1.165, 1.54) is 12.8 Å². The first-order valence-electron chi connectivity index (χ1n) is 6.00. The van der Waals surface area contributed by atoms with Crippen molar-refractivity contribution in [1.82, 2.24) is 10.2 Å². The molecule has 1 saturated carbocycles. The average molecular weight is 266 g/mol. The molecule has 0 spiro atoms. The molecular formula is C13H18N2O2S. The molecule has 1 fully saturated rings. The maximum atomic E-state index is 9.57. The van der Waals surface area contributed by atoms with Crippen molar-refractivity contribution < 1.29 is 9.84 Å². The molecule has 1 aliphatic rings. The number of nitrogens with one attached hydrogen (secondary N) is 1. The predicted molar refractivity (Wildman–Crippen MR) is 74.9 cm³/mol. The van der Waals surface area contributed by atoms with Crippen molar-refractivity contribution in [2.24, 2.45) is 0 Å². The first kappa shape index (κ1) is 13.0. The second kappa shape index (κ2) is 5.44. The van der Waals surface area contributed by atoms with Gasteiger partial charge >= 0.3 is 0 Å². The molecule has 0 atom stereocenters. The van der Waals surface area contributed by atoms with Gasteiger partial charge in [-0.25, -0.2) is 0 Å². The maximum absolute atomic E-state index is 9.57. The molecule has 4 nitrogen and oxygen atoms in total. The summed E-state index contributed by atoms with van der Waals surface area (Å²) >= 11 is 5.31. The first-order chi connectivity index (χ1) is 8.65. The zero-order valence-electron chi connectivity index (χ0n) is 10.6. The van der Waals surface area contributed by atoms with Crippen LogP contribution >= 0.6 is 12.2 Å². The lowest BCUT2D eigenvalue weighted by Crippen LogP contribution is -2.38. The summed E-state index contributed by atoms with van der Waals surface area (Å²) in [4.78, 5) is 2.18. The second-order valence-corrected chi connectivity index (χ2v) is 4.81. The molecule has 5 heteroatoms. The SMILES string of the molecule is CNC(=S)N(Cc1ccc(O)c(OC)c1)C1CC1. The zero-order valence-corrected chi connectivity index (χ0v) is 11.5. The molecular weight excluding hydrogens is 248 g/mol. The number of methoxy groups -OCH3 is 1. The quantitative estimate of drug-likeness (QED) is 0.815. The van der Waals surface area contributed by atoms with Gasteiger partial charge in [-0.1, -0.05) is 6.07 Å². The lowest BCUT2D eigenvalue weighted by atomic mass is 10.2. The average Bonchev–Trinajstić information content (AvgIpc) is 3.21. The van der Waals surface area contributed by atoms with E-state index in [9.17, 15) is 5.11 Å². The Bertz CT molecular complexity index is 447. The highest BCUT2D eigenvalue weighted by atomic mass is 32.1. The minimum Gasteiger partial charge on any atom is -0.504 e. The molecule has 0 saturated heterocycles. The predicted octanol–water partition coefficient (Wildman–Crippen LogP) is 1.87. The molecule has 98 valence electrons. The fraction of sp³-hybridized carbons (Fsp3) is 0.462. The number of hydrogen-bond donors (Lipinski definition) is 2. The van der Waals surface area contributed by atoms with E-state index in [0.717, 1.165) is 17.2 Å². The molecule has 2 N–H and O–H groups in total. The van der Waals surface area contributed by atoms with Gasteiger partial charge in [-0.2, -0.15) is 0 Å². The summed E-state index contributed by atoms with van der Waals surface area (Å²) in [7, 11) is 3.39. The topological polar surface area (TPSA) is 44.7 Å². The van der Waals surface area contributed by atoms with Crippen LogP contribution in [0.5, 0.6) is 11.5 Å². The summed E-state index contributed by atoms with van der Waals surface area (Å²) < 4.78 is 5.11. The van der Waals surface area contributed by atoms with Crippen molar-refractivity contribution in [3.8, 4) is 11.5 Å². The third-order valence-electron chi connectivity index (χ3n) is 3.06. The summed E-state index contributed by atoms with van der Waals surface area (Å²) in [5, 5.41) is 13.4. The van der Waals surface area contributed by atoms with Gasteiger partial charge < -0.3 is 20.1 Å². The summed E-state index contributed by atoms with van der Waals surface area (Å²) in [6, 6.07) is 5.95. The third-order valence-corrected chi connectivity index (χ3v) is 3.50. The van der Waals surface area contributed by atoms with Gasteiger partial charge in [0, 0.05) is 19.6 Å². The molecule has 0 radical (unpaired) electrons. The normalized spacial score (nSPS) is 14.1. The lowest BCUT2D eigenvalue weighted by Gasteiger charge is -2.25. The summed E-state index contributed by atoms with van der Waals surface area (Å²) in [6.07, 6.45) is 2.38. The highest BCUT2D eigenvalue weighted by molar-refractivity contribution is 7.80. The molecule has 1 aromatic rings. The Morgan fingerprint density at radius 1 is 1.56 bits per heavy atom. The molecule has 1 aromatic carbocycles. The van der Waals surface area contributed by atoms with E-state index in [1.54, 1.807) is 13.2 Å². The minimum atomic E-state index is 0.162. The van der Waals surface area contributed by atoms with Crippen LogP contribution in [0, 0.1) is 0 Å². The molecule has 0 aromatic heterocycles. The van der Waals surface area contributed by atoms with Crippen LogP contribution in [0.15, 0.2) is 18.2 Å². The van der Waals surface area contributed by atoms with E-state index in [2.05, 4.69) is 10.2 Å². The van der Waals surface area contributed by atoms with E-state index in [0.29, 0.717) is 11.8 Å². The number of aromatic hydroxyl groups is 1. The van der Waals surface area contributed by atoms with Gasteiger partial charge in [-0.3, -0.25) is 0 Å². The number of benzene rings is 1. The van der Waals surface area contributed by atoms with Crippen LogP contribution in [-0.2, 0) is 6.54 Å². The summed E-state index contributed by atoms with van der Waals surface area (Å²) in [5.74, 6) is 0.661. The Kier molecular flexibility index (Phi) is 3.91. The largest absolute Gasteiger partial charge is 0.504 e. The molecule has 0 heterocycles. The van der Waals surface area contributed by atoms with Crippen molar-refractivity contribution in [1.29, 1.82) is 0 Å². The van der Waals surface area contributed by atoms with Crippen LogP contribution in [0.4, 0.5) is 0 Å². The summed E-state index contributed by atoms with van der Waals surface area (Å²) in [5.41, 5.74) is 1.08. The highest BCUT2D eigenvalue weighted by Crippen LogP contribution is 2.31. The van der Waals surface area contributed by atoms with Gasteiger partial charge in [0.25, 0.3) is 0 Å². The number of thiocarbonyl (C=S) groups is 1. The highest BCUT2D eigenvalue weighted by Gasteiger charge is 2.30. The fourth-order valence-corrected chi connectivity index (χ4v) is 2.13. The lowest BCUT2D eigenvalue weighted by molar-refractivity contribution is 0.368. The van der Waals surface area contributed by atoms with Crippen molar-refractivity contribution in [2.75, 3.05) is 14.2 Å². The van der Waals surface area contributed by atoms with Crippen LogP contribution in [0.25, 0.3) is 0 Å². The van der Waals surface area contributed by atoms with Crippen LogP contribution in [0.2, 0.25) is 0 Å². The monoisotopic (exact) mass is 266 g/mol. The van der Waals surface area contributed by atoms with E-state index < -0.39 is 0 Å². The first-order valence-corrected chi connectivity index (χ1v) is 6.40. The minimum absolute atomic E-state index is 0.162. The number of phenols is 1. The number of nitrogens with zero attached hydrogens (tertiary/aromatic N) is 1. The smallest absolute Gasteiger partial charge is 0.169 e. The molecule has 0 bridgehead atoms. The van der Waals surface area contributed by atoms with E-state index in [4.69, 9.17) is 17.0 Å². The third kappa shape index (κ3) is 2.85. The molecule has 2 rings (SSSR count). The Morgan fingerprint density at radius 3 is 2.83 bits per heavy atom. The zero-order chi connectivity index (χ0) is 13.1. The Hall–Kier alpha value is -1.49. The Balaban J connectivity index is 2.13. The molecule has 0 aliphatic heterocycles. The second-order valence-electron chi connectivity index (χ2n) is 4.42. The Labute approximate surface area is 113 Å². The van der Waals surface area contributed by atoms with Crippen molar-refractivity contribution >= 4 is 17.3 Å². The summed E-state index contributed by atoms with van der Waals surface area (Å²) in [6.45, 7) is 0.737. The number of ether oxygens (including phenoxy) is 1. The van der Waals surface area contributed by atoms with Gasteiger partial charge in [0.15, 0.2) is 16.6 Å². The number of rotatable bonds is 4. The van der Waals surface area contributed by atoms with Crippen molar-refractivity contribution in [3.05, 3.63) is 23.8 Å². The van der Waals surface area contributed by atoms with Gasteiger partial charge in [0.1, 0.15) is 0 Å². The maximum Gasteiger partial charge on any atom is 0.169 e. The molecule has 18 heavy (non-hydrogen) atoms. The number of phenolic OH excluding ortho intramolecular Hbond substituents is 1. The van der Waals surface area contributed by atoms with Gasteiger partial charge in [-0.05, 0) is 42.8 Å². The van der Waals surface area contributed by atoms with Crippen molar-refractivity contribution in [3.63, 3.8) is 0 Å². The molecule has 0 unspecified atom stereocenters. The Morgan fingerprint density at radius 2 is 2.28 bits per heavy atom. The van der Waals surface area contributed by atoms with Crippen molar-refractivity contribution in [2.45, 2.75) is 25.4 Å². The van der Waals surface area contributed by atoms with Gasteiger partial charge in [0.2, 0.25) is 0 Å². The van der Waals surface area contributed by atoms with Crippen LogP contribution in [-0.4, -0.2) is 35.3 Å². The standard InChI is InChI=1S/C13H18N2O2S/c1-14-13(18)15(10-4-5-10)8-9-3-6-11(16)12(7-9)17-2/h3,6-7,10,16H,4-5,8H2,1-2H3,(H,14,18). The van der Waals surface area contributed by atoms with Crippen LogP contribution in [0.1, 0.15) is 18.4 Å². The van der Waals surface area contributed by atoms with E-state index >= 15 is 0 Å². The van der Waals surface area contributed by atoms with E-state index in [1.807, 2.05) is 19.2 Å². The molecule has 1 aliphatic carbocycles. The van der Waals surface area contributed by atoms with Crippen LogP contribution < -0.4 is 10.1 Å². The number of hydrogen-bond acceptors (Lipinski definition) is 3. The fourth-order valence-electron chi connectivity index (χ4n) is 1.91. The van der Waals surface area contributed by atoms with Gasteiger partial charge in [0.05, 0.1) is 7.11 Å². The van der Waals surface area contributed by atoms with Crippen LogP contribution in [0.3, 0.4) is 0 Å². The molecule has 0 amide bonds. The van der Waals surface area contributed by atoms with Gasteiger partial charge in [-0.15, -0.1) is 0 Å². The van der Waals surface area contributed by atoms with E-state index in [-0.39, 0.29) is 5.75 Å².